The van der Waals surface area contributed by atoms with Crippen LogP contribution in [0.5, 0.6) is 0 Å². The number of nitrogens with zero attached hydrogens (tertiary/aromatic N) is 2. The first-order valence-corrected chi connectivity index (χ1v) is 13.2. The van der Waals surface area contributed by atoms with Crippen LogP contribution in [0.15, 0.2) is 46.9 Å². The fourth-order valence-corrected chi connectivity index (χ4v) is 4.82. The van der Waals surface area contributed by atoms with Crippen molar-refractivity contribution < 1.29 is 18.0 Å². The van der Waals surface area contributed by atoms with Gasteiger partial charge in [0, 0.05) is 17.6 Å². The third kappa shape index (κ3) is 6.10. The number of hydrogen-bond acceptors (Lipinski definition) is 4. The summed E-state index contributed by atoms with van der Waals surface area (Å²) in [6, 6.07) is 11.9. The highest BCUT2D eigenvalue weighted by Crippen LogP contribution is 2.25. The molecule has 1 N–H and O–H groups in total. The molecule has 0 unspecified atom stereocenters. The lowest BCUT2D eigenvalue weighted by Crippen LogP contribution is -2.38. The minimum absolute atomic E-state index is 0.119. The van der Waals surface area contributed by atoms with Gasteiger partial charge in [-0.25, -0.2) is 8.42 Å². The molecule has 3 rings (SSSR count). The monoisotopic (exact) mass is 521 g/mol. The van der Waals surface area contributed by atoms with Gasteiger partial charge in [-0.1, -0.05) is 40.9 Å². The molecule has 0 saturated carbocycles. The van der Waals surface area contributed by atoms with E-state index in [1.807, 2.05) is 11.8 Å². The van der Waals surface area contributed by atoms with Gasteiger partial charge in [-0.3, -0.25) is 13.9 Å². The lowest BCUT2D eigenvalue weighted by Gasteiger charge is -2.24. The van der Waals surface area contributed by atoms with E-state index in [0.29, 0.717) is 30.0 Å². The second-order valence-corrected chi connectivity index (χ2v) is 10.8. The first kappa shape index (κ1) is 24.3. The van der Waals surface area contributed by atoms with E-state index in [9.17, 15) is 18.0 Å². The van der Waals surface area contributed by atoms with Gasteiger partial charge in [-0.05, 0) is 55.7 Å². The highest BCUT2D eigenvalue weighted by molar-refractivity contribution is 9.10. The number of rotatable bonds is 6. The van der Waals surface area contributed by atoms with Crippen LogP contribution in [-0.4, -0.2) is 51.0 Å². The molecule has 172 valence electrons. The smallest absolute Gasteiger partial charge is 0.255 e. The minimum atomic E-state index is -3.70. The molecule has 2 aromatic rings. The van der Waals surface area contributed by atoms with Crippen molar-refractivity contribution in [2.45, 2.75) is 32.6 Å². The Labute approximate surface area is 198 Å². The van der Waals surface area contributed by atoms with E-state index in [4.69, 9.17) is 0 Å². The summed E-state index contributed by atoms with van der Waals surface area (Å²) in [5.41, 5.74) is 2.04. The number of benzene rings is 2. The average molecular weight is 522 g/mol. The molecule has 1 aliphatic heterocycles. The largest absolute Gasteiger partial charge is 0.339 e. The molecule has 2 amide bonds. The molecule has 1 fully saturated rings. The van der Waals surface area contributed by atoms with Crippen LogP contribution in [0.4, 0.5) is 11.4 Å². The summed E-state index contributed by atoms with van der Waals surface area (Å²) in [7, 11) is -3.70. The maximum absolute atomic E-state index is 13.1. The molecule has 1 heterocycles. The Morgan fingerprint density at radius 3 is 2.34 bits per heavy atom. The molecule has 0 aromatic heterocycles. The number of carbonyl (C=O) groups is 2. The van der Waals surface area contributed by atoms with Gasteiger partial charge in [0.05, 0.1) is 23.2 Å². The highest BCUT2D eigenvalue weighted by atomic mass is 79.9. The van der Waals surface area contributed by atoms with E-state index >= 15 is 0 Å². The summed E-state index contributed by atoms with van der Waals surface area (Å²) < 4.78 is 26.7. The van der Waals surface area contributed by atoms with Gasteiger partial charge in [-0.15, -0.1) is 0 Å². The second-order valence-electron chi connectivity index (χ2n) is 8.00. The van der Waals surface area contributed by atoms with Gasteiger partial charge in [0.2, 0.25) is 15.9 Å². The zero-order valence-electron chi connectivity index (χ0n) is 18.3. The number of hydrogen-bond donors (Lipinski definition) is 1. The molecule has 1 saturated heterocycles. The summed E-state index contributed by atoms with van der Waals surface area (Å²) in [5.74, 6) is -0.640. The fraction of sp³-hybridized carbons (Fsp3) is 0.391. The van der Waals surface area contributed by atoms with Crippen LogP contribution in [0.1, 0.15) is 41.6 Å². The van der Waals surface area contributed by atoms with Gasteiger partial charge in [-0.2, -0.15) is 0 Å². The van der Waals surface area contributed by atoms with Crippen molar-refractivity contribution in [3.05, 3.63) is 58.1 Å². The zero-order valence-corrected chi connectivity index (χ0v) is 20.7. The van der Waals surface area contributed by atoms with Crippen LogP contribution in [0.2, 0.25) is 0 Å². The minimum Gasteiger partial charge on any atom is -0.339 e. The number of nitrogens with one attached hydrogen (secondary N) is 1. The van der Waals surface area contributed by atoms with E-state index < -0.39 is 22.5 Å². The van der Waals surface area contributed by atoms with Crippen molar-refractivity contribution >= 4 is 49.1 Å². The number of anilines is 2. The van der Waals surface area contributed by atoms with Crippen molar-refractivity contribution in [1.29, 1.82) is 0 Å². The Kier molecular flexibility index (Phi) is 7.95. The third-order valence-corrected chi connectivity index (χ3v) is 7.47. The van der Waals surface area contributed by atoms with E-state index in [1.54, 1.807) is 42.5 Å². The zero-order chi connectivity index (χ0) is 23.3. The van der Waals surface area contributed by atoms with Gasteiger partial charge in [0.15, 0.2) is 0 Å². The third-order valence-electron chi connectivity index (χ3n) is 5.44. The topological polar surface area (TPSA) is 86.8 Å². The molecule has 0 radical (unpaired) electrons. The SMILES string of the molecule is Cc1cc(N(CC(=O)Nc2ccccc2C(=O)N2CCCCCC2)S(C)(=O)=O)ccc1Br. The van der Waals surface area contributed by atoms with E-state index in [2.05, 4.69) is 21.2 Å². The number of aryl methyl sites for hydroxylation is 1. The van der Waals surface area contributed by atoms with E-state index in [-0.39, 0.29) is 5.91 Å². The summed E-state index contributed by atoms with van der Waals surface area (Å²) in [5, 5.41) is 2.74. The number of para-hydroxylation sites is 1. The summed E-state index contributed by atoms with van der Waals surface area (Å²) in [6.07, 6.45) is 5.22. The Morgan fingerprint density at radius 2 is 1.72 bits per heavy atom. The van der Waals surface area contributed by atoms with Gasteiger partial charge >= 0.3 is 0 Å². The normalized spacial score (nSPS) is 14.5. The van der Waals surface area contributed by atoms with E-state index in [0.717, 1.165) is 46.3 Å². The summed E-state index contributed by atoms with van der Waals surface area (Å²) in [6.45, 7) is 2.85. The second kappa shape index (κ2) is 10.5. The Morgan fingerprint density at radius 1 is 1.06 bits per heavy atom. The van der Waals surface area contributed by atoms with Crippen LogP contribution in [0, 0.1) is 6.92 Å². The van der Waals surface area contributed by atoms with Crippen molar-refractivity contribution in [2.24, 2.45) is 0 Å². The molecule has 9 heteroatoms. The molecule has 32 heavy (non-hydrogen) atoms. The van der Waals surface area contributed by atoms with Crippen LogP contribution in [0.3, 0.4) is 0 Å². The number of sulfonamides is 1. The number of amides is 2. The summed E-state index contributed by atoms with van der Waals surface area (Å²) in [4.78, 5) is 27.8. The lowest BCUT2D eigenvalue weighted by atomic mass is 10.1. The molecule has 0 spiro atoms. The molecule has 7 nitrogen and oxygen atoms in total. The van der Waals surface area contributed by atoms with Gasteiger partial charge < -0.3 is 10.2 Å². The van der Waals surface area contributed by atoms with Crippen molar-refractivity contribution in [2.75, 3.05) is 35.5 Å². The van der Waals surface area contributed by atoms with Crippen molar-refractivity contribution in [3.8, 4) is 0 Å². The highest BCUT2D eigenvalue weighted by Gasteiger charge is 2.24. The fourth-order valence-electron chi connectivity index (χ4n) is 3.73. The average Bonchev–Trinajstić information content (AvgIpc) is 3.03. The molecule has 2 aromatic carbocycles. The molecule has 1 aliphatic rings. The molecule has 0 aliphatic carbocycles. The van der Waals surface area contributed by atoms with Gasteiger partial charge in [0.1, 0.15) is 6.54 Å². The molecular weight excluding hydrogens is 494 g/mol. The van der Waals surface area contributed by atoms with Crippen LogP contribution in [-0.2, 0) is 14.8 Å². The van der Waals surface area contributed by atoms with Crippen LogP contribution >= 0.6 is 15.9 Å². The maximum Gasteiger partial charge on any atom is 0.255 e. The molecular formula is C23H28BrN3O4S. The predicted octanol–water partition coefficient (Wildman–Crippen LogP) is 4.18. The Bertz CT molecular complexity index is 1100. The van der Waals surface area contributed by atoms with Crippen LogP contribution < -0.4 is 9.62 Å². The number of halogens is 1. The Balaban J connectivity index is 1.80. The maximum atomic E-state index is 13.1. The van der Waals surface area contributed by atoms with Crippen molar-refractivity contribution in [1.82, 2.24) is 4.90 Å². The van der Waals surface area contributed by atoms with E-state index in [1.165, 1.54) is 0 Å². The molecule has 0 bridgehead atoms. The Hall–Kier alpha value is -2.39. The first-order chi connectivity index (χ1) is 15.2. The van der Waals surface area contributed by atoms with Crippen molar-refractivity contribution in [3.63, 3.8) is 0 Å². The molecule has 0 atom stereocenters. The van der Waals surface area contributed by atoms with Crippen LogP contribution in [0.25, 0.3) is 0 Å². The quantitative estimate of drug-likeness (QED) is 0.617. The van der Waals surface area contributed by atoms with Gasteiger partial charge in [0.25, 0.3) is 5.91 Å². The first-order valence-electron chi connectivity index (χ1n) is 10.6. The number of likely N-dealkylation sites (tertiary alicyclic amines) is 1. The number of carbonyl (C=O) groups excluding carboxylic acids is 2. The lowest BCUT2D eigenvalue weighted by molar-refractivity contribution is -0.114. The summed E-state index contributed by atoms with van der Waals surface area (Å²) >= 11 is 3.40. The predicted molar refractivity (Wildman–Crippen MR) is 131 cm³/mol. The standard InChI is InChI=1S/C23H28BrN3O4S/c1-17-15-18(11-12-20(17)24)27(32(2,30)31)16-22(28)25-21-10-6-5-9-19(21)23(29)26-13-7-3-4-8-14-26/h5-6,9-12,15H,3-4,7-8,13-14,16H2,1-2H3,(H,25,28).